The second-order valence-electron chi connectivity index (χ2n) is 6.03. The van der Waals surface area contributed by atoms with Gasteiger partial charge in [0.05, 0.1) is 12.6 Å². The third-order valence-electron chi connectivity index (χ3n) is 4.35. The van der Waals surface area contributed by atoms with Crippen molar-refractivity contribution in [1.29, 1.82) is 0 Å². The van der Waals surface area contributed by atoms with Crippen LogP contribution in [0.5, 0.6) is 17.2 Å². The second kappa shape index (κ2) is 7.55. The van der Waals surface area contributed by atoms with Gasteiger partial charge < -0.3 is 24.6 Å². The van der Waals surface area contributed by atoms with E-state index >= 15 is 0 Å². The van der Waals surface area contributed by atoms with Crippen molar-refractivity contribution in [1.82, 2.24) is 5.32 Å². The Morgan fingerprint density at radius 2 is 2.09 bits per heavy atom. The van der Waals surface area contributed by atoms with E-state index in [0.717, 1.165) is 31.4 Å². The summed E-state index contributed by atoms with van der Waals surface area (Å²) in [6.45, 7) is 1.07. The maximum atomic E-state index is 11.9. The van der Waals surface area contributed by atoms with E-state index in [2.05, 4.69) is 5.32 Å². The lowest BCUT2D eigenvalue weighted by Gasteiger charge is -2.26. The highest BCUT2D eigenvalue weighted by molar-refractivity contribution is 5.76. The van der Waals surface area contributed by atoms with Gasteiger partial charge in [0.15, 0.2) is 11.5 Å². The molecule has 1 heterocycles. The highest BCUT2D eigenvalue weighted by Gasteiger charge is 2.25. The molecule has 1 aromatic rings. The van der Waals surface area contributed by atoms with Crippen molar-refractivity contribution in [3.05, 3.63) is 18.2 Å². The maximum Gasteiger partial charge on any atom is 0.231 e. The van der Waals surface area contributed by atoms with Crippen LogP contribution in [0.15, 0.2) is 18.2 Å². The van der Waals surface area contributed by atoms with Gasteiger partial charge in [0, 0.05) is 12.5 Å². The fraction of sp³-hybridized carbons (Fsp3) is 0.588. The second-order valence-corrected chi connectivity index (χ2v) is 6.03. The quantitative estimate of drug-likeness (QED) is 0.782. The van der Waals surface area contributed by atoms with Gasteiger partial charge in [-0.25, -0.2) is 0 Å². The van der Waals surface area contributed by atoms with E-state index in [1.807, 2.05) is 6.07 Å². The number of benzene rings is 1. The SMILES string of the molecule is O=C(C[C@@H]1CCCC[C@H]1O)NCCOc1ccc2c(c1)OCO2. The molecule has 3 rings (SSSR count). The largest absolute Gasteiger partial charge is 0.492 e. The van der Waals surface area contributed by atoms with Crippen LogP contribution in [0, 0.1) is 5.92 Å². The van der Waals surface area contributed by atoms with Crippen molar-refractivity contribution >= 4 is 5.91 Å². The van der Waals surface area contributed by atoms with Crippen molar-refractivity contribution < 1.29 is 24.1 Å². The van der Waals surface area contributed by atoms with Gasteiger partial charge in [-0.15, -0.1) is 0 Å². The minimum Gasteiger partial charge on any atom is -0.492 e. The Morgan fingerprint density at radius 1 is 1.26 bits per heavy atom. The lowest BCUT2D eigenvalue weighted by molar-refractivity contribution is -0.123. The van der Waals surface area contributed by atoms with Crippen molar-refractivity contribution in [2.45, 2.75) is 38.2 Å². The Morgan fingerprint density at radius 3 is 2.96 bits per heavy atom. The molecule has 1 amide bonds. The molecule has 1 fully saturated rings. The molecule has 6 nitrogen and oxygen atoms in total. The van der Waals surface area contributed by atoms with Gasteiger partial charge in [-0.3, -0.25) is 4.79 Å². The molecule has 1 aromatic carbocycles. The van der Waals surface area contributed by atoms with Crippen molar-refractivity contribution in [3.63, 3.8) is 0 Å². The lowest BCUT2D eigenvalue weighted by atomic mass is 9.84. The normalized spacial score (nSPS) is 22.7. The maximum absolute atomic E-state index is 11.9. The summed E-state index contributed by atoms with van der Waals surface area (Å²) in [7, 11) is 0. The number of fused-ring (bicyclic) bond motifs is 1. The van der Waals surface area contributed by atoms with Crippen molar-refractivity contribution in [2.75, 3.05) is 19.9 Å². The van der Waals surface area contributed by atoms with Gasteiger partial charge in [0.2, 0.25) is 12.7 Å². The minimum atomic E-state index is -0.334. The summed E-state index contributed by atoms with van der Waals surface area (Å²) in [5.41, 5.74) is 0. The molecule has 0 radical (unpaired) electrons. The number of hydrogen-bond donors (Lipinski definition) is 2. The average Bonchev–Trinajstić information content (AvgIpc) is 3.01. The van der Waals surface area contributed by atoms with Crippen LogP contribution in [0.4, 0.5) is 0 Å². The monoisotopic (exact) mass is 321 g/mol. The molecule has 1 saturated carbocycles. The van der Waals surface area contributed by atoms with E-state index in [4.69, 9.17) is 14.2 Å². The van der Waals surface area contributed by atoms with Gasteiger partial charge in [0.1, 0.15) is 12.4 Å². The average molecular weight is 321 g/mol. The first kappa shape index (κ1) is 15.9. The molecule has 1 aliphatic heterocycles. The van der Waals surface area contributed by atoms with Crippen LogP contribution in [-0.2, 0) is 4.79 Å². The van der Waals surface area contributed by atoms with Crippen LogP contribution in [0.2, 0.25) is 0 Å². The van der Waals surface area contributed by atoms with E-state index in [-0.39, 0.29) is 24.7 Å². The molecule has 6 heteroatoms. The number of carbonyl (C=O) groups excluding carboxylic acids is 1. The Kier molecular flexibility index (Phi) is 5.23. The molecule has 23 heavy (non-hydrogen) atoms. The smallest absolute Gasteiger partial charge is 0.231 e. The summed E-state index contributed by atoms with van der Waals surface area (Å²) in [5, 5.41) is 12.7. The molecule has 126 valence electrons. The predicted octanol–water partition coefficient (Wildman–Crippen LogP) is 1.85. The molecule has 0 unspecified atom stereocenters. The summed E-state index contributed by atoms with van der Waals surface area (Å²) in [4.78, 5) is 11.9. The Labute approximate surface area is 135 Å². The summed E-state index contributed by atoms with van der Waals surface area (Å²) < 4.78 is 16.1. The van der Waals surface area contributed by atoms with Gasteiger partial charge >= 0.3 is 0 Å². The molecule has 2 aliphatic rings. The van der Waals surface area contributed by atoms with E-state index in [1.54, 1.807) is 12.1 Å². The van der Waals surface area contributed by atoms with Crippen molar-refractivity contribution in [2.24, 2.45) is 5.92 Å². The zero-order valence-corrected chi connectivity index (χ0v) is 13.1. The number of rotatable bonds is 6. The molecular weight excluding hydrogens is 298 g/mol. The fourth-order valence-corrected chi connectivity index (χ4v) is 3.06. The van der Waals surface area contributed by atoms with Crippen LogP contribution >= 0.6 is 0 Å². The summed E-state index contributed by atoms with van der Waals surface area (Å²) in [6.07, 6.45) is 3.96. The molecule has 1 aliphatic carbocycles. The third-order valence-corrected chi connectivity index (χ3v) is 4.35. The summed E-state index contributed by atoms with van der Waals surface area (Å²) in [6, 6.07) is 5.40. The van der Waals surface area contributed by atoms with Crippen LogP contribution in [0.25, 0.3) is 0 Å². The molecule has 0 aromatic heterocycles. The first-order valence-electron chi connectivity index (χ1n) is 8.19. The van der Waals surface area contributed by atoms with Crippen molar-refractivity contribution in [3.8, 4) is 17.2 Å². The number of amides is 1. The molecule has 0 saturated heterocycles. The zero-order chi connectivity index (χ0) is 16.1. The Hall–Kier alpha value is -1.95. The number of ether oxygens (including phenoxy) is 3. The number of carbonyl (C=O) groups is 1. The highest BCUT2D eigenvalue weighted by Crippen LogP contribution is 2.35. The zero-order valence-electron chi connectivity index (χ0n) is 13.1. The standard InChI is InChI=1S/C17H23NO5/c19-14-4-2-1-3-12(14)9-17(20)18-7-8-21-13-5-6-15-16(10-13)23-11-22-15/h5-6,10,12,14,19H,1-4,7-9,11H2,(H,18,20)/t12-,14+/m0/s1. The molecule has 0 bridgehead atoms. The van der Waals surface area contributed by atoms with Gasteiger partial charge in [-0.2, -0.15) is 0 Å². The van der Waals surface area contributed by atoms with Gasteiger partial charge in [-0.05, 0) is 30.9 Å². The predicted molar refractivity (Wildman–Crippen MR) is 83.7 cm³/mol. The topological polar surface area (TPSA) is 77.0 Å². The van der Waals surface area contributed by atoms with Crippen LogP contribution in [0.1, 0.15) is 32.1 Å². The summed E-state index contributed by atoms with van der Waals surface area (Å²) in [5.74, 6) is 2.16. The number of aliphatic hydroxyl groups is 1. The third kappa shape index (κ3) is 4.28. The number of aliphatic hydroxyl groups excluding tert-OH is 1. The van der Waals surface area contributed by atoms with E-state index in [1.165, 1.54) is 0 Å². The van der Waals surface area contributed by atoms with E-state index in [9.17, 15) is 9.90 Å². The molecule has 0 spiro atoms. The number of nitrogens with one attached hydrogen (secondary N) is 1. The minimum absolute atomic E-state index is 0.0229. The van der Waals surface area contributed by atoms with Crippen LogP contribution in [0.3, 0.4) is 0 Å². The van der Waals surface area contributed by atoms with E-state index < -0.39 is 0 Å². The van der Waals surface area contributed by atoms with Gasteiger partial charge in [0.25, 0.3) is 0 Å². The van der Waals surface area contributed by atoms with Crippen LogP contribution < -0.4 is 19.5 Å². The van der Waals surface area contributed by atoms with E-state index in [0.29, 0.717) is 31.1 Å². The Bertz CT molecular complexity index is 548. The first-order chi connectivity index (χ1) is 11.2. The summed E-state index contributed by atoms with van der Waals surface area (Å²) >= 11 is 0. The van der Waals surface area contributed by atoms with Crippen LogP contribution in [-0.4, -0.2) is 37.1 Å². The lowest BCUT2D eigenvalue weighted by Crippen LogP contribution is -2.33. The fourth-order valence-electron chi connectivity index (χ4n) is 3.06. The molecular formula is C17H23NO5. The Balaban J connectivity index is 1.35. The number of hydrogen-bond acceptors (Lipinski definition) is 5. The first-order valence-corrected chi connectivity index (χ1v) is 8.19. The highest BCUT2D eigenvalue weighted by atomic mass is 16.7. The van der Waals surface area contributed by atoms with Gasteiger partial charge in [-0.1, -0.05) is 12.8 Å². The molecule has 2 atom stereocenters. The molecule has 2 N–H and O–H groups in total.